The van der Waals surface area contributed by atoms with E-state index in [1.807, 2.05) is 84.9 Å². The SMILES string of the molecule is O=C(CSc1nc2ccc(NC(=O)CSCC(=O)Nc3ccc4ccccc4c3)cc2s1)NCc1ccccc1. The van der Waals surface area contributed by atoms with Gasteiger partial charge in [-0.3, -0.25) is 14.4 Å². The molecule has 1 aromatic heterocycles. The third-order valence-corrected chi connectivity index (χ3v) is 8.91. The molecule has 0 aliphatic rings. The predicted octanol–water partition coefficient (Wildman–Crippen LogP) is 6.17. The van der Waals surface area contributed by atoms with Crippen LogP contribution in [0.4, 0.5) is 11.4 Å². The Balaban J connectivity index is 1.05. The number of thioether (sulfide) groups is 2. The lowest BCUT2D eigenvalue weighted by atomic mass is 10.1. The number of nitrogens with zero attached hydrogens (tertiary/aromatic N) is 1. The molecule has 5 rings (SSSR count). The van der Waals surface area contributed by atoms with Crippen molar-refractivity contribution in [2.75, 3.05) is 27.9 Å². The van der Waals surface area contributed by atoms with Gasteiger partial charge in [0, 0.05) is 17.9 Å². The minimum atomic E-state index is -0.183. The Morgan fingerprint density at radius 3 is 2.15 bits per heavy atom. The molecule has 0 spiro atoms. The number of amides is 3. The Bertz CT molecular complexity index is 1660. The van der Waals surface area contributed by atoms with Crippen LogP contribution in [-0.4, -0.2) is 40.0 Å². The van der Waals surface area contributed by atoms with E-state index in [1.165, 1.54) is 34.9 Å². The molecule has 0 saturated heterocycles. The van der Waals surface area contributed by atoms with Crippen LogP contribution in [0.15, 0.2) is 95.3 Å². The van der Waals surface area contributed by atoms with Crippen LogP contribution < -0.4 is 16.0 Å². The standard InChI is InChI=1S/C30H26N4O3S3/c35-27(31-16-20-6-2-1-3-7-20)19-39-30-34-25-13-12-24(15-26(25)40-30)33-29(37)18-38-17-28(36)32-23-11-10-21-8-4-5-9-22(21)14-23/h1-15H,16-19H2,(H,31,35)(H,32,36)(H,33,37). The quantitative estimate of drug-likeness (QED) is 0.160. The Morgan fingerprint density at radius 1 is 0.700 bits per heavy atom. The first kappa shape index (κ1) is 27.7. The van der Waals surface area contributed by atoms with Crippen molar-refractivity contribution in [3.05, 3.63) is 96.6 Å². The Morgan fingerprint density at radius 2 is 1.38 bits per heavy atom. The lowest BCUT2D eigenvalue weighted by Gasteiger charge is -2.07. The van der Waals surface area contributed by atoms with Crippen molar-refractivity contribution in [3.8, 4) is 0 Å². The van der Waals surface area contributed by atoms with Crippen LogP contribution in [-0.2, 0) is 20.9 Å². The summed E-state index contributed by atoms with van der Waals surface area (Å²) >= 11 is 4.13. The number of hydrogen-bond donors (Lipinski definition) is 3. The predicted molar refractivity (Wildman–Crippen MR) is 167 cm³/mol. The van der Waals surface area contributed by atoms with Gasteiger partial charge in [0.15, 0.2) is 4.34 Å². The smallest absolute Gasteiger partial charge is 0.234 e. The van der Waals surface area contributed by atoms with E-state index in [9.17, 15) is 14.4 Å². The van der Waals surface area contributed by atoms with Gasteiger partial charge in [-0.1, -0.05) is 72.4 Å². The molecule has 5 aromatic rings. The second kappa shape index (κ2) is 13.5. The van der Waals surface area contributed by atoms with E-state index in [-0.39, 0.29) is 35.0 Å². The van der Waals surface area contributed by atoms with Crippen molar-refractivity contribution >= 4 is 84.9 Å². The maximum absolute atomic E-state index is 12.5. The first-order valence-corrected chi connectivity index (χ1v) is 15.5. The largest absolute Gasteiger partial charge is 0.351 e. The summed E-state index contributed by atoms with van der Waals surface area (Å²) < 4.78 is 1.72. The zero-order valence-electron chi connectivity index (χ0n) is 21.4. The maximum atomic E-state index is 12.5. The summed E-state index contributed by atoms with van der Waals surface area (Å²) in [5, 5.41) is 10.9. The molecule has 202 valence electrons. The molecule has 1 heterocycles. The second-order valence-electron chi connectivity index (χ2n) is 8.86. The van der Waals surface area contributed by atoms with E-state index in [2.05, 4.69) is 20.9 Å². The highest BCUT2D eigenvalue weighted by Gasteiger charge is 2.11. The number of aromatic nitrogens is 1. The molecule has 3 N–H and O–H groups in total. The van der Waals surface area contributed by atoms with E-state index in [0.717, 1.165) is 36.6 Å². The van der Waals surface area contributed by atoms with Crippen molar-refractivity contribution in [2.24, 2.45) is 0 Å². The number of hydrogen-bond acceptors (Lipinski definition) is 7. The second-order valence-corrected chi connectivity index (χ2v) is 12.1. The maximum Gasteiger partial charge on any atom is 0.234 e. The third-order valence-electron chi connectivity index (χ3n) is 5.81. The van der Waals surface area contributed by atoms with Gasteiger partial charge < -0.3 is 16.0 Å². The molecule has 0 radical (unpaired) electrons. The van der Waals surface area contributed by atoms with Crippen LogP contribution in [0.1, 0.15) is 5.56 Å². The highest BCUT2D eigenvalue weighted by Crippen LogP contribution is 2.31. The molecule has 40 heavy (non-hydrogen) atoms. The molecule has 0 fully saturated rings. The fraction of sp³-hybridized carbons (Fsp3) is 0.133. The number of thiazole rings is 1. The molecule has 4 aromatic carbocycles. The van der Waals surface area contributed by atoms with Crippen LogP contribution >= 0.6 is 34.9 Å². The van der Waals surface area contributed by atoms with Crippen LogP contribution in [0.5, 0.6) is 0 Å². The molecular formula is C30H26N4O3S3. The Kier molecular flexibility index (Phi) is 9.33. The van der Waals surface area contributed by atoms with Gasteiger partial charge in [-0.25, -0.2) is 4.98 Å². The highest BCUT2D eigenvalue weighted by atomic mass is 32.2. The van der Waals surface area contributed by atoms with Gasteiger partial charge in [-0.05, 0) is 46.7 Å². The van der Waals surface area contributed by atoms with Gasteiger partial charge in [-0.15, -0.1) is 23.1 Å². The van der Waals surface area contributed by atoms with E-state index >= 15 is 0 Å². The van der Waals surface area contributed by atoms with Crippen molar-refractivity contribution in [2.45, 2.75) is 10.9 Å². The van der Waals surface area contributed by atoms with Crippen LogP contribution in [0.2, 0.25) is 0 Å². The molecule has 7 nitrogen and oxygen atoms in total. The minimum Gasteiger partial charge on any atom is -0.351 e. The van der Waals surface area contributed by atoms with Gasteiger partial charge >= 0.3 is 0 Å². The summed E-state index contributed by atoms with van der Waals surface area (Å²) in [5.74, 6) is 0.222. The van der Waals surface area contributed by atoms with E-state index in [1.54, 1.807) is 6.07 Å². The van der Waals surface area contributed by atoms with E-state index in [4.69, 9.17) is 0 Å². The van der Waals surface area contributed by atoms with Gasteiger partial charge in [-0.2, -0.15) is 0 Å². The number of nitrogens with one attached hydrogen (secondary N) is 3. The lowest BCUT2D eigenvalue weighted by Crippen LogP contribution is -2.24. The molecule has 0 bridgehead atoms. The van der Waals surface area contributed by atoms with Crippen LogP contribution in [0, 0.1) is 0 Å². The minimum absolute atomic E-state index is 0.0514. The first-order chi connectivity index (χ1) is 19.5. The molecule has 0 aliphatic heterocycles. The number of benzene rings is 4. The molecule has 0 saturated carbocycles. The molecule has 0 atom stereocenters. The van der Waals surface area contributed by atoms with Gasteiger partial charge in [0.25, 0.3) is 0 Å². The van der Waals surface area contributed by atoms with Gasteiger partial charge in [0.05, 0.1) is 27.5 Å². The molecular weight excluding hydrogens is 561 g/mol. The highest BCUT2D eigenvalue weighted by molar-refractivity contribution is 8.01. The van der Waals surface area contributed by atoms with Gasteiger partial charge in [0.2, 0.25) is 17.7 Å². The summed E-state index contributed by atoms with van der Waals surface area (Å²) in [6.45, 7) is 0.497. The molecule has 0 aliphatic carbocycles. The first-order valence-electron chi connectivity index (χ1n) is 12.5. The topological polar surface area (TPSA) is 100 Å². The fourth-order valence-electron chi connectivity index (χ4n) is 3.92. The summed E-state index contributed by atoms with van der Waals surface area (Å²) in [6.07, 6.45) is 0. The number of carbonyl (C=O) groups is 3. The third kappa shape index (κ3) is 7.84. The van der Waals surface area contributed by atoms with Crippen LogP contribution in [0.3, 0.4) is 0 Å². The fourth-order valence-corrected chi connectivity index (χ4v) is 6.47. The number of fused-ring (bicyclic) bond motifs is 2. The van der Waals surface area contributed by atoms with Crippen molar-refractivity contribution in [1.29, 1.82) is 0 Å². The Labute approximate surface area is 244 Å². The van der Waals surface area contributed by atoms with Crippen molar-refractivity contribution in [3.63, 3.8) is 0 Å². The summed E-state index contributed by atoms with van der Waals surface area (Å²) in [7, 11) is 0. The average molecular weight is 587 g/mol. The van der Waals surface area contributed by atoms with Gasteiger partial charge in [0.1, 0.15) is 0 Å². The number of carbonyl (C=O) groups excluding carboxylic acids is 3. The molecule has 0 unspecified atom stereocenters. The summed E-state index contributed by atoms with van der Waals surface area (Å²) in [6, 6.07) is 29.0. The zero-order chi connectivity index (χ0) is 27.7. The lowest BCUT2D eigenvalue weighted by molar-refractivity contribution is -0.118. The monoisotopic (exact) mass is 586 g/mol. The van der Waals surface area contributed by atoms with E-state index in [0.29, 0.717) is 12.2 Å². The molecule has 10 heteroatoms. The average Bonchev–Trinajstić information content (AvgIpc) is 3.38. The normalized spacial score (nSPS) is 10.9. The Hall–Kier alpha value is -3.86. The summed E-state index contributed by atoms with van der Waals surface area (Å²) in [4.78, 5) is 41.6. The molecule has 3 amide bonds. The van der Waals surface area contributed by atoms with Crippen molar-refractivity contribution < 1.29 is 14.4 Å². The van der Waals surface area contributed by atoms with Crippen LogP contribution in [0.25, 0.3) is 21.0 Å². The number of anilines is 2. The van der Waals surface area contributed by atoms with E-state index < -0.39 is 0 Å². The number of rotatable bonds is 11. The summed E-state index contributed by atoms with van der Waals surface area (Å²) in [5.41, 5.74) is 3.27. The zero-order valence-corrected chi connectivity index (χ0v) is 23.8. The van der Waals surface area contributed by atoms with Crippen molar-refractivity contribution in [1.82, 2.24) is 10.3 Å².